The molecular weight excluding hydrogens is 320 g/mol. The lowest BCUT2D eigenvalue weighted by Crippen LogP contribution is -2.19. The van der Waals surface area contributed by atoms with Crippen molar-refractivity contribution in [1.29, 1.82) is 0 Å². The van der Waals surface area contributed by atoms with Crippen molar-refractivity contribution in [2.45, 2.75) is 44.3 Å². The van der Waals surface area contributed by atoms with Crippen molar-refractivity contribution < 1.29 is 25.2 Å². The van der Waals surface area contributed by atoms with E-state index in [0.29, 0.717) is 37.9 Å². The topological polar surface area (TPSA) is 90.2 Å². The van der Waals surface area contributed by atoms with Gasteiger partial charge < -0.3 is 25.2 Å². The Balaban J connectivity index is 1.73. The number of ether oxygens (including phenoxy) is 1. The van der Waals surface area contributed by atoms with E-state index >= 15 is 0 Å². The highest BCUT2D eigenvalue weighted by atomic mass is 16.5. The van der Waals surface area contributed by atoms with Crippen LogP contribution in [0.15, 0.2) is 42.5 Å². The minimum Gasteiger partial charge on any atom is -0.508 e. The predicted octanol–water partition coefficient (Wildman–Crippen LogP) is 2.78. The Labute approximate surface area is 148 Å². The van der Waals surface area contributed by atoms with Gasteiger partial charge in [-0.15, -0.1) is 0 Å². The van der Waals surface area contributed by atoms with Crippen molar-refractivity contribution in [2.75, 3.05) is 7.11 Å². The monoisotopic (exact) mass is 346 g/mol. The molecular formula is C20H26O5. The van der Waals surface area contributed by atoms with Gasteiger partial charge in [0.15, 0.2) is 11.5 Å². The number of aliphatic hydroxyl groups is 2. The van der Waals surface area contributed by atoms with E-state index in [0.717, 1.165) is 11.1 Å². The van der Waals surface area contributed by atoms with Crippen LogP contribution in [-0.4, -0.2) is 39.7 Å². The summed E-state index contributed by atoms with van der Waals surface area (Å²) < 4.78 is 5.07. The van der Waals surface area contributed by atoms with E-state index in [2.05, 4.69) is 0 Å². The lowest BCUT2D eigenvalue weighted by molar-refractivity contribution is 0.0714. The average Bonchev–Trinajstić information content (AvgIpc) is 2.60. The van der Waals surface area contributed by atoms with Gasteiger partial charge in [-0.25, -0.2) is 0 Å². The van der Waals surface area contributed by atoms with Crippen LogP contribution in [0.4, 0.5) is 0 Å². The molecule has 0 aromatic heterocycles. The molecule has 2 rings (SSSR count). The van der Waals surface area contributed by atoms with Crippen molar-refractivity contribution >= 4 is 0 Å². The first-order valence-electron chi connectivity index (χ1n) is 8.48. The summed E-state index contributed by atoms with van der Waals surface area (Å²) in [7, 11) is 1.50. The summed E-state index contributed by atoms with van der Waals surface area (Å²) in [6.45, 7) is 0. The van der Waals surface area contributed by atoms with Crippen molar-refractivity contribution in [3.8, 4) is 17.2 Å². The fraction of sp³-hybridized carbons (Fsp3) is 0.400. The second kappa shape index (κ2) is 9.30. The number of hydrogen-bond donors (Lipinski definition) is 4. The lowest BCUT2D eigenvalue weighted by atomic mass is 9.99. The molecule has 0 radical (unpaired) electrons. The maximum atomic E-state index is 10.1. The number of rotatable bonds is 9. The van der Waals surface area contributed by atoms with E-state index in [9.17, 15) is 20.4 Å². The molecule has 0 fully saturated rings. The molecule has 0 spiro atoms. The zero-order valence-electron chi connectivity index (χ0n) is 14.4. The summed E-state index contributed by atoms with van der Waals surface area (Å²) in [5.74, 6) is 0.739. The van der Waals surface area contributed by atoms with Gasteiger partial charge in [0.2, 0.25) is 0 Å². The molecule has 2 aromatic rings. The molecule has 0 unspecified atom stereocenters. The third kappa shape index (κ3) is 6.29. The van der Waals surface area contributed by atoms with Crippen LogP contribution in [0.25, 0.3) is 0 Å². The molecule has 0 aliphatic carbocycles. The van der Waals surface area contributed by atoms with Crippen molar-refractivity contribution in [3.05, 3.63) is 53.6 Å². The van der Waals surface area contributed by atoms with E-state index in [1.165, 1.54) is 7.11 Å². The first kappa shape index (κ1) is 19.1. The number of aryl methyl sites for hydroxylation is 2. The molecule has 0 saturated carbocycles. The van der Waals surface area contributed by atoms with Gasteiger partial charge in [-0.2, -0.15) is 0 Å². The Bertz CT molecular complexity index is 654. The van der Waals surface area contributed by atoms with Gasteiger partial charge in [-0.1, -0.05) is 18.2 Å². The minimum absolute atomic E-state index is 0.0939. The Morgan fingerprint density at radius 3 is 2.00 bits per heavy atom. The summed E-state index contributed by atoms with van der Waals surface area (Å²) in [5.41, 5.74) is 2.01. The van der Waals surface area contributed by atoms with Crippen LogP contribution in [0.3, 0.4) is 0 Å². The van der Waals surface area contributed by atoms with Crippen LogP contribution in [0.5, 0.6) is 17.2 Å². The lowest BCUT2D eigenvalue weighted by Gasteiger charge is -2.16. The number of benzene rings is 2. The molecule has 0 bridgehead atoms. The van der Waals surface area contributed by atoms with Gasteiger partial charge in [0.25, 0.3) is 0 Å². The van der Waals surface area contributed by atoms with Gasteiger partial charge in [0.1, 0.15) is 5.75 Å². The van der Waals surface area contributed by atoms with Crippen molar-refractivity contribution in [2.24, 2.45) is 0 Å². The summed E-state index contributed by atoms with van der Waals surface area (Å²) in [4.78, 5) is 0. The molecule has 0 aliphatic heterocycles. The van der Waals surface area contributed by atoms with Crippen LogP contribution in [0.1, 0.15) is 30.4 Å². The van der Waals surface area contributed by atoms with E-state index < -0.39 is 12.2 Å². The van der Waals surface area contributed by atoms with Crippen molar-refractivity contribution in [1.82, 2.24) is 0 Å². The molecule has 0 aliphatic rings. The Morgan fingerprint density at radius 2 is 1.40 bits per heavy atom. The standard InChI is InChI=1S/C20H26O5/c1-25-20-12-15(6-11-19(20)24)5-10-18(23)13-17(22)9-4-14-2-7-16(21)8-3-14/h2-3,6-8,11-12,17-18,21-24H,4-5,9-10,13H2,1H3/t17-,18-/m0/s1. The zero-order chi connectivity index (χ0) is 18.2. The molecule has 5 nitrogen and oxygen atoms in total. The predicted molar refractivity (Wildman–Crippen MR) is 96.0 cm³/mol. The molecule has 136 valence electrons. The SMILES string of the molecule is COc1cc(CC[C@H](O)C[C@@H](O)CCc2ccc(O)cc2)ccc1O. The number of phenolic OH excluding ortho intramolecular Hbond substituents is 2. The third-order valence-corrected chi connectivity index (χ3v) is 4.26. The normalized spacial score (nSPS) is 13.4. The minimum atomic E-state index is -0.588. The zero-order valence-corrected chi connectivity index (χ0v) is 14.4. The number of hydrogen-bond acceptors (Lipinski definition) is 5. The second-order valence-electron chi connectivity index (χ2n) is 6.29. The Kier molecular flexibility index (Phi) is 7.10. The van der Waals surface area contributed by atoms with E-state index in [1.807, 2.05) is 12.1 Å². The summed E-state index contributed by atoms with van der Waals surface area (Å²) in [6.07, 6.45) is 1.60. The van der Waals surface area contributed by atoms with E-state index in [1.54, 1.807) is 30.3 Å². The van der Waals surface area contributed by atoms with Gasteiger partial charge >= 0.3 is 0 Å². The number of phenols is 2. The highest BCUT2D eigenvalue weighted by molar-refractivity contribution is 5.41. The smallest absolute Gasteiger partial charge is 0.160 e. The van der Waals surface area contributed by atoms with Crippen LogP contribution in [0, 0.1) is 0 Å². The van der Waals surface area contributed by atoms with Crippen LogP contribution in [-0.2, 0) is 12.8 Å². The fourth-order valence-corrected chi connectivity index (χ4v) is 2.76. The third-order valence-electron chi connectivity index (χ3n) is 4.26. The van der Waals surface area contributed by atoms with Crippen molar-refractivity contribution in [3.63, 3.8) is 0 Å². The van der Waals surface area contributed by atoms with Gasteiger partial charge in [0, 0.05) is 0 Å². The highest BCUT2D eigenvalue weighted by Gasteiger charge is 2.13. The Hall–Kier alpha value is -2.24. The maximum Gasteiger partial charge on any atom is 0.160 e. The summed E-state index contributed by atoms with van der Waals surface area (Å²) in [5, 5.41) is 39.0. The average molecular weight is 346 g/mol. The number of aromatic hydroxyl groups is 2. The molecule has 5 heteroatoms. The summed E-state index contributed by atoms with van der Waals surface area (Å²) >= 11 is 0. The van der Waals surface area contributed by atoms with E-state index in [4.69, 9.17) is 4.74 Å². The molecule has 25 heavy (non-hydrogen) atoms. The maximum absolute atomic E-state index is 10.1. The van der Waals surface area contributed by atoms with Crippen LogP contribution < -0.4 is 4.74 Å². The summed E-state index contributed by atoms with van der Waals surface area (Å²) in [6, 6.07) is 12.0. The van der Waals surface area contributed by atoms with Gasteiger partial charge in [-0.3, -0.25) is 0 Å². The molecule has 2 aromatic carbocycles. The van der Waals surface area contributed by atoms with Crippen LogP contribution in [0.2, 0.25) is 0 Å². The quantitative estimate of drug-likeness (QED) is 0.561. The molecule has 0 saturated heterocycles. The molecule has 4 N–H and O–H groups in total. The first-order chi connectivity index (χ1) is 12.0. The number of aliphatic hydroxyl groups excluding tert-OH is 2. The van der Waals surface area contributed by atoms with Crippen LogP contribution >= 0.6 is 0 Å². The molecule has 0 heterocycles. The first-order valence-corrected chi connectivity index (χ1v) is 8.48. The fourth-order valence-electron chi connectivity index (χ4n) is 2.76. The highest BCUT2D eigenvalue weighted by Crippen LogP contribution is 2.27. The van der Waals surface area contributed by atoms with Gasteiger partial charge in [-0.05, 0) is 67.5 Å². The molecule has 2 atom stereocenters. The van der Waals surface area contributed by atoms with Gasteiger partial charge in [0.05, 0.1) is 19.3 Å². The largest absolute Gasteiger partial charge is 0.508 e. The second-order valence-corrected chi connectivity index (χ2v) is 6.29. The Morgan fingerprint density at radius 1 is 0.840 bits per heavy atom. The van der Waals surface area contributed by atoms with E-state index in [-0.39, 0.29) is 11.5 Å². The molecule has 0 amide bonds. The number of methoxy groups -OCH3 is 1.